The number of anilines is 1. The highest BCUT2D eigenvalue weighted by Gasteiger charge is 2.48. The molecule has 166 valence electrons. The number of benzene rings is 1. The molecule has 31 heavy (non-hydrogen) atoms. The molecule has 2 heterocycles. The number of nitrogens with two attached hydrogens (primary N) is 1. The van der Waals surface area contributed by atoms with Gasteiger partial charge in [-0.25, -0.2) is 4.99 Å². The summed E-state index contributed by atoms with van der Waals surface area (Å²) in [6.07, 6.45) is 6.53. The standard InChI is InChI=1S/C26H37N5/c1-6-20-21-12-7-8-13-25(21)31(5)26(20)23-15-22(23)24-14-19(11-9-10-16(2)28-24)30-18(4)29-17(3)27/h7-8,12-13,19-20,23,26H,6,9-11,14-15H2,1-5H3,(H2,27,29,30). The second-order valence-electron chi connectivity index (χ2n) is 9.48. The Hall–Kier alpha value is -2.43. The number of likely N-dealkylation sites (N-methyl/N-ethyl adjacent to an activating group) is 1. The van der Waals surface area contributed by atoms with Crippen LogP contribution in [0, 0.1) is 5.92 Å². The van der Waals surface area contributed by atoms with Crippen LogP contribution in [0.25, 0.3) is 0 Å². The van der Waals surface area contributed by atoms with Gasteiger partial charge in [0.05, 0.1) is 11.9 Å². The van der Waals surface area contributed by atoms with E-state index in [2.05, 4.69) is 55.1 Å². The lowest BCUT2D eigenvalue weighted by molar-refractivity contribution is 0.491. The van der Waals surface area contributed by atoms with Gasteiger partial charge in [-0.2, -0.15) is 0 Å². The Kier molecular flexibility index (Phi) is 6.31. The summed E-state index contributed by atoms with van der Waals surface area (Å²) in [6, 6.07) is 9.72. The van der Waals surface area contributed by atoms with Crippen molar-refractivity contribution in [2.75, 3.05) is 11.9 Å². The molecule has 0 aromatic heterocycles. The van der Waals surface area contributed by atoms with Crippen LogP contribution in [0.15, 0.2) is 50.5 Å². The minimum Gasteiger partial charge on any atom is -0.387 e. The van der Waals surface area contributed by atoms with Crippen molar-refractivity contribution in [3.63, 3.8) is 0 Å². The van der Waals surface area contributed by atoms with E-state index in [0.717, 1.165) is 31.5 Å². The number of hydrogen-bond acceptors (Lipinski definition) is 3. The molecule has 0 saturated heterocycles. The largest absolute Gasteiger partial charge is 0.387 e. The molecule has 1 aromatic carbocycles. The molecule has 4 unspecified atom stereocenters. The quantitative estimate of drug-likeness (QED) is 0.521. The fourth-order valence-corrected chi connectivity index (χ4v) is 5.70. The zero-order valence-electron chi connectivity index (χ0n) is 19.7. The van der Waals surface area contributed by atoms with E-state index in [1.807, 2.05) is 13.8 Å². The molecule has 1 fully saturated rings. The monoisotopic (exact) mass is 419 g/mol. The predicted molar refractivity (Wildman–Crippen MR) is 133 cm³/mol. The number of aliphatic imine (C=N–C) groups is 3. The van der Waals surface area contributed by atoms with Gasteiger partial charge < -0.3 is 10.6 Å². The average Bonchev–Trinajstić information content (AvgIpc) is 3.43. The maximum Gasteiger partial charge on any atom is 0.122 e. The number of amidine groups is 2. The lowest BCUT2D eigenvalue weighted by Gasteiger charge is -2.26. The van der Waals surface area contributed by atoms with Gasteiger partial charge in [-0.05, 0) is 70.1 Å². The lowest BCUT2D eigenvalue weighted by atomic mass is 9.89. The first-order valence-electron chi connectivity index (χ1n) is 11.8. The average molecular weight is 420 g/mol. The summed E-state index contributed by atoms with van der Waals surface area (Å²) in [4.78, 5) is 16.9. The van der Waals surface area contributed by atoms with Crippen LogP contribution >= 0.6 is 0 Å². The molecule has 5 heteroatoms. The molecule has 0 radical (unpaired) electrons. The van der Waals surface area contributed by atoms with Crippen molar-refractivity contribution in [2.45, 2.75) is 84.2 Å². The molecule has 4 rings (SSSR count). The minimum atomic E-state index is 0.240. The van der Waals surface area contributed by atoms with Crippen molar-refractivity contribution < 1.29 is 0 Å². The molecule has 2 N–H and O–H groups in total. The fraction of sp³-hybridized carbons (Fsp3) is 0.577. The summed E-state index contributed by atoms with van der Waals surface area (Å²) in [5.41, 5.74) is 12.8. The molecule has 0 amide bonds. The van der Waals surface area contributed by atoms with Crippen LogP contribution in [0.5, 0.6) is 0 Å². The molecule has 0 bridgehead atoms. The maximum atomic E-state index is 5.75. The Balaban J connectivity index is 1.61. The van der Waals surface area contributed by atoms with Gasteiger partial charge in [0, 0.05) is 48.4 Å². The Labute approximate surface area is 187 Å². The van der Waals surface area contributed by atoms with Crippen LogP contribution < -0.4 is 10.6 Å². The van der Waals surface area contributed by atoms with Gasteiger partial charge in [0.1, 0.15) is 5.84 Å². The van der Waals surface area contributed by atoms with E-state index in [1.165, 1.54) is 35.5 Å². The summed E-state index contributed by atoms with van der Waals surface area (Å²) in [5, 5.41) is 0. The number of rotatable bonds is 3. The molecular formula is C26H37N5. The Bertz CT molecular complexity index is 950. The molecule has 1 saturated carbocycles. The van der Waals surface area contributed by atoms with Crippen LogP contribution in [-0.4, -0.2) is 36.5 Å². The zero-order valence-corrected chi connectivity index (χ0v) is 19.7. The number of hydrogen-bond donors (Lipinski definition) is 1. The number of nitrogens with zero attached hydrogens (tertiary/aromatic N) is 4. The molecule has 1 aromatic rings. The highest BCUT2D eigenvalue weighted by molar-refractivity contribution is 5.94. The maximum absolute atomic E-state index is 5.75. The van der Waals surface area contributed by atoms with Gasteiger partial charge in [-0.1, -0.05) is 25.1 Å². The van der Waals surface area contributed by atoms with E-state index in [0.29, 0.717) is 23.7 Å². The third kappa shape index (κ3) is 4.60. The van der Waals surface area contributed by atoms with E-state index < -0.39 is 0 Å². The normalized spacial score (nSPS) is 31.8. The van der Waals surface area contributed by atoms with Crippen LogP contribution in [0.3, 0.4) is 0 Å². The SMILES string of the molecule is CCC1c2ccccc2N(C)C1C1CC1=C1CC(N=C(C)N=C(C)N)CCCC(C)=N1. The van der Waals surface area contributed by atoms with Gasteiger partial charge in [0.2, 0.25) is 0 Å². The smallest absolute Gasteiger partial charge is 0.122 e. The third-order valence-corrected chi connectivity index (χ3v) is 7.06. The molecule has 3 aliphatic rings. The van der Waals surface area contributed by atoms with E-state index in [-0.39, 0.29) is 6.04 Å². The van der Waals surface area contributed by atoms with Gasteiger partial charge in [0.25, 0.3) is 0 Å². The Morgan fingerprint density at radius 3 is 2.74 bits per heavy atom. The first-order chi connectivity index (χ1) is 14.9. The van der Waals surface area contributed by atoms with Crippen LogP contribution in [0.4, 0.5) is 5.69 Å². The van der Waals surface area contributed by atoms with Crippen molar-refractivity contribution in [1.29, 1.82) is 0 Å². The van der Waals surface area contributed by atoms with Crippen LogP contribution in [0.2, 0.25) is 0 Å². The van der Waals surface area contributed by atoms with Gasteiger partial charge in [-0.3, -0.25) is 9.98 Å². The Morgan fingerprint density at radius 2 is 2.00 bits per heavy atom. The third-order valence-electron chi connectivity index (χ3n) is 7.06. The summed E-state index contributed by atoms with van der Waals surface area (Å²) < 4.78 is 0. The van der Waals surface area contributed by atoms with Gasteiger partial charge >= 0.3 is 0 Å². The highest BCUT2D eigenvalue weighted by atomic mass is 15.2. The first-order valence-corrected chi connectivity index (χ1v) is 11.8. The highest BCUT2D eigenvalue weighted by Crippen LogP contribution is 2.55. The fourth-order valence-electron chi connectivity index (χ4n) is 5.70. The van der Waals surface area contributed by atoms with Crippen molar-refractivity contribution in [2.24, 2.45) is 26.6 Å². The zero-order chi connectivity index (χ0) is 22.1. The molecule has 0 spiro atoms. The van der Waals surface area contributed by atoms with E-state index in [9.17, 15) is 0 Å². The van der Waals surface area contributed by atoms with E-state index >= 15 is 0 Å². The topological polar surface area (TPSA) is 66.3 Å². The summed E-state index contributed by atoms with van der Waals surface area (Å²) >= 11 is 0. The molecule has 4 atom stereocenters. The van der Waals surface area contributed by atoms with Crippen molar-refractivity contribution in [3.8, 4) is 0 Å². The van der Waals surface area contributed by atoms with Crippen LogP contribution in [0.1, 0.15) is 77.7 Å². The second kappa shape index (κ2) is 8.97. The molecule has 5 nitrogen and oxygen atoms in total. The van der Waals surface area contributed by atoms with Gasteiger partial charge in [-0.15, -0.1) is 0 Å². The van der Waals surface area contributed by atoms with E-state index in [4.69, 9.17) is 15.7 Å². The van der Waals surface area contributed by atoms with Crippen LogP contribution in [-0.2, 0) is 0 Å². The lowest BCUT2D eigenvalue weighted by Crippen LogP contribution is -2.32. The summed E-state index contributed by atoms with van der Waals surface area (Å²) in [6.45, 7) is 8.27. The van der Waals surface area contributed by atoms with Gasteiger partial charge in [0.15, 0.2) is 0 Å². The molecular weight excluding hydrogens is 382 g/mol. The summed E-state index contributed by atoms with van der Waals surface area (Å²) in [5.74, 6) is 2.54. The summed E-state index contributed by atoms with van der Waals surface area (Å²) in [7, 11) is 2.27. The predicted octanol–water partition coefficient (Wildman–Crippen LogP) is 5.47. The number of fused-ring (bicyclic) bond motifs is 1. The molecule has 1 aliphatic carbocycles. The van der Waals surface area contributed by atoms with Crippen molar-refractivity contribution in [3.05, 3.63) is 41.1 Å². The van der Waals surface area contributed by atoms with Crippen molar-refractivity contribution >= 4 is 23.1 Å². The minimum absolute atomic E-state index is 0.240. The second-order valence-corrected chi connectivity index (χ2v) is 9.48. The first kappa shape index (κ1) is 21.8. The molecule has 2 aliphatic heterocycles. The van der Waals surface area contributed by atoms with Crippen molar-refractivity contribution in [1.82, 2.24) is 0 Å². The Morgan fingerprint density at radius 1 is 1.23 bits per heavy atom. The van der Waals surface area contributed by atoms with E-state index in [1.54, 1.807) is 5.57 Å². The number of para-hydroxylation sites is 1.